The third kappa shape index (κ3) is 1.99. The number of fused-ring (bicyclic) bond motifs is 1. The maximum absolute atomic E-state index is 13.2. The van der Waals surface area contributed by atoms with Gasteiger partial charge in [-0.1, -0.05) is 0 Å². The molecule has 0 saturated heterocycles. The number of primary amides is 1. The Morgan fingerprint density at radius 2 is 2.24 bits per heavy atom. The van der Waals surface area contributed by atoms with Crippen LogP contribution in [-0.4, -0.2) is 25.0 Å². The van der Waals surface area contributed by atoms with Gasteiger partial charge in [0.15, 0.2) is 6.61 Å². The number of ether oxygens (including phenoxy) is 1. The van der Waals surface area contributed by atoms with E-state index in [2.05, 4.69) is 0 Å². The SMILES string of the molecule is NC(=O)CN1C(=O)COc2cc(F)c(N)cc21. The van der Waals surface area contributed by atoms with Crippen molar-refractivity contribution in [2.24, 2.45) is 5.73 Å². The summed E-state index contributed by atoms with van der Waals surface area (Å²) in [5.41, 5.74) is 10.6. The number of benzene rings is 1. The molecule has 17 heavy (non-hydrogen) atoms. The third-order valence-electron chi connectivity index (χ3n) is 2.34. The Kier molecular flexibility index (Phi) is 2.58. The van der Waals surface area contributed by atoms with Gasteiger partial charge in [0.05, 0.1) is 11.4 Å². The number of nitrogens with zero attached hydrogens (tertiary/aromatic N) is 1. The summed E-state index contributed by atoms with van der Waals surface area (Å²) in [6, 6.07) is 2.32. The van der Waals surface area contributed by atoms with Crippen LogP contribution in [0.1, 0.15) is 0 Å². The molecule has 90 valence electrons. The predicted molar refractivity (Wildman–Crippen MR) is 57.9 cm³/mol. The molecule has 1 aromatic carbocycles. The van der Waals surface area contributed by atoms with Crippen molar-refractivity contribution in [3.05, 3.63) is 17.9 Å². The maximum atomic E-state index is 13.2. The lowest BCUT2D eigenvalue weighted by atomic mass is 10.2. The lowest BCUT2D eigenvalue weighted by Crippen LogP contribution is -2.43. The Morgan fingerprint density at radius 3 is 2.88 bits per heavy atom. The largest absolute Gasteiger partial charge is 0.481 e. The van der Waals surface area contributed by atoms with E-state index < -0.39 is 17.6 Å². The minimum Gasteiger partial charge on any atom is -0.481 e. The fourth-order valence-electron chi connectivity index (χ4n) is 1.57. The van der Waals surface area contributed by atoms with E-state index in [1.54, 1.807) is 0 Å². The molecule has 1 heterocycles. The van der Waals surface area contributed by atoms with Gasteiger partial charge in [-0.3, -0.25) is 14.5 Å². The molecule has 1 aliphatic heterocycles. The Hall–Kier alpha value is -2.31. The van der Waals surface area contributed by atoms with E-state index in [-0.39, 0.29) is 30.3 Å². The number of hydrogen-bond donors (Lipinski definition) is 2. The quantitative estimate of drug-likeness (QED) is 0.687. The molecule has 7 heteroatoms. The molecule has 0 aliphatic carbocycles. The van der Waals surface area contributed by atoms with Crippen molar-refractivity contribution in [2.45, 2.75) is 0 Å². The average molecular weight is 239 g/mol. The summed E-state index contributed by atoms with van der Waals surface area (Å²) in [5, 5.41) is 0. The number of halogens is 1. The highest BCUT2D eigenvalue weighted by Crippen LogP contribution is 2.35. The van der Waals surface area contributed by atoms with E-state index in [1.807, 2.05) is 0 Å². The molecule has 0 aromatic heterocycles. The zero-order chi connectivity index (χ0) is 12.6. The normalized spacial score (nSPS) is 14.2. The van der Waals surface area contributed by atoms with Crippen LogP contribution in [0.5, 0.6) is 5.75 Å². The highest BCUT2D eigenvalue weighted by Gasteiger charge is 2.27. The molecule has 2 amide bonds. The van der Waals surface area contributed by atoms with Gasteiger partial charge in [0, 0.05) is 6.07 Å². The zero-order valence-corrected chi connectivity index (χ0v) is 8.77. The Labute approximate surface area is 95.9 Å². The average Bonchev–Trinajstić information content (AvgIpc) is 2.25. The second-order valence-electron chi connectivity index (χ2n) is 3.58. The van der Waals surface area contributed by atoms with Crippen LogP contribution in [-0.2, 0) is 9.59 Å². The van der Waals surface area contributed by atoms with Gasteiger partial charge in [0.2, 0.25) is 5.91 Å². The van der Waals surface area contributed by atoms with Gasteiger partial charge in [-0.05, 0) is 6.07 Å². The van der Waals surface area contributed by atoms with E-state index in [0.717, 1.165) is 11.0 Å². The number of hydrogen-bond acceptors (Lipinski definition) is 4. The molecule has 2 rings (SSSR count). The van der Waals surface area contributed by atoms with Gasteiger partial charge in [0.1, 0.15) is 18.1 Å². The lowest BCUT2D eigenvalue weighted by molar-refractivity contribution is -0.124. The van der Waals surface area contributed by atoms with Crippen molar-refractivity contribution in [2.75, 3.05) is 23.8 Å². The Morgan fingerprint density at radius 1 is 1.53 bits per heavy atom. The Bertz CT molecular complexity index is 504. The van der Waals surface area contributed by atoms with Crippen molar-refractivity contribution in [3.63, 3.8) is 0 Å². The Balaban J connectivity index is 2.47. The highest BCUT2D eigenvalue weighted by atomic mass is 19.1. The van der Waals surface area contributed by atoms with Gasteiger partial charge < -0.3 is 16.2 Å². The number of nitrogen functional groups attached to an aromatic ring is 1. The monoisotopic (exact) mass is 239 g/mol. The van der Waals surface area contributed by atoms with Crippen LogP contribution in [0.25, 0.3) is 0 Å². The number of anilines is 2. The highest BCUT2D eigenvalue weighted by molar-refractivity contribution is 6.02. The molecule has 6 nitrogen and oxygen atoms in total. The fraction of sp³-hybridized carbons (Fsp3) is 0.200. The van der Waals surface area contributed by atoms with E-state index >= 15 is 0 Å². The van der Waals surface area contributed by atoms with Crippen LogP contribution < -0.4 is 21.1 Å². The van der Waals surface area contributed by atoms with Gasteiger partial charge in [-0.2, -0.15) is 0 Å². The van der Waals surface area contributed by atoms with E-state index in [1.165, 1.54) is 6.07 Å². The van der Waals surface area contributed by atoms with E-state index in [0.29, 0.717) is 0 Å². The van der Waals surface area contributed by atoms with Crippen molar-refractivity contribution >= 4 is 23.2 Å². The summed E-state index contributed by atoms with van der Waals surface area (Å²) >= 11 is 0. The summed E-state index contributed by atoms with van der Waals surface area (Å²) in [6.45, 7) is -0.552. The van der Waals surface area contributed by atoms with Crippen molar-refractivity contribution in [1.29, 1.82) is 0 Å². The summed E-state index contributed by atoms with van der Waals surface area (Å²) in [7, 11) is 0. The smallest absolute Gasteiger partial charge is 0.265 e. The van der Waals surface area contributed by atoms with Crippen molar-refractivity contribution in [1.82, 2.24) is 0 Å². The zero-order valence-electron chi connectivity index (χ0n) is 8.77. The number of carbonyl (C=O) groups excluding carboxylic acids is 2. The maximum Gasteiger partial charge on any atom is 0.265 e. The van der Waals surface area contributed by atoms with Crippen LogP contribution in [0.4, 0.5) is 15.8 Å². The molecule has 0 unspecified atom stereocenters. The van der Waals surface area contributed by atoms with E-state index in [9.17, 15) is 14.0 Å². The lowest BCUT2D eigenvalue weighted by Gasteiger charge is -2.28. The van der Waals surface area contributed by atoms with Crippen LogP contribution in [0.15, 0.2) is 12.1 Å². The number of rotatable bonds is 2. The molecular formula is C10H10FN3O3. The van der Waals surface area contributed by atoms with E-state index in [4.69, 9.17) is 16.2 Å². The first-order chi connectivity index (χ1) is 7.99. The van der Waals surface area contributed by atoms with Crippen molar-refractivity contribution < 1.29 is 18.7 Å². The van der Waals surface area contributed by atoms with Crippen LogP contribution in [0.3, 0.4) is 0 Å². The molecule has 1 aromatic rings. The molecule has 1 aliphatic rings. The van der Waals surface area contributed by atoms with Gasteiger partial charge >= 0.3 is 0 Å². The topological polar surface area (TPSA) is 98.7 Å². The first-order valence-electron chi connectivity index (χ1n) is 4.79. The minimum absolute atomic E-state index is 0.128. The van der Waals surface area contributed by atoms with Crippen molar-refractivity contribution in [3.8, 4) is 5.75 Å². The fourth-order valence-corrected chi connectivity index (χ4v) is 1.57. The summed E-state index contributed by atoms with van der Waals surface area (Å²) in [4.78, 5) is 23.5. The summed E-state index contributed by atoms with van der Waals surface area (Å²) < 4.78 is 18.2. The third-order valence-corrected chi connectivity index (χ3v) is 2.34. The number of nitrogens with two attached hydrogens (primary N) is 2. The standard InChI is InChI=1S/C10H10FN3O3/c11-5-1-8-7(2-6(5)12)14(3-9(13)15)10(16)4-17-8/h1-2H,3-4,12H2,(H2,13,15). The minimum atomic E-state index is -0.672. The van der Waals surface area contributed by atoms with Gasteiger partial charge in [0.25, 0.3) is 5.91 Å². The summed E-state index contributed by atoms with van der Waals surface area (Å²) in [6.07, 6.45) is 0. The molecule has 4 N–H and O–H groups in total. The second-order valence-corrected chi connectivity index (χ2v) is 3.58. The first-order valence-corrected chi connectivity index (χ1v) is 4.79. The molecule has 0 atom stereocenters. The van der Waals surface area contributed by atoms with Crippen LogP contribution >= 0.6 is 0 Å². The molecule has 0 radical (unpaired) electrons. The van der Waals surface area contributed by atoms with Crippen LogP contribution in [0, 0.1) is 5.82 Å². The second kappa shape index (κ2) is 3.93. The predicted octanol–water partition coefficient (Wildman–Crippen LogP) is -0.381. The van der Waals surface area contributed by atoms with Gasteiger partial charge in [-0.15, -0.1) is 0 Å². The molecular weight excluding hydrogens is 229 g/mol. The molecule has 0 spiro atoms. The summed E-state index contributed by atoms with van der Waals surface area (Å²) in [5.74, 6) is -1.58. The molecule has 0 bridgehead atoms. The molecule has 0 fully saturated rings. The van der Waals surface area contributed by atoms with Gasteiger partial charge in [-0.25, -0.2) is 4.39 Å². The number of carbonyl (C=O) groups is 2. The first kappa shape index (κ1) is 11.2. The van der Waals surface area contributed by atoms with Crippen LogP contribution in [0.2, 0.25) is 0 Å². The number of amides is 2. The molecule has 0 saturated carbocycles.